The lowest BCUT2D eigenvalue weighted by atomic mass is 9.97. The van der Waals surface area contributed by atoms with Crippen molar-refractivity contribution in [2.45, 2.75) is 19.3 Å². The average Bonchev–Trinajstić information content (AvgIpc) is 2.76. The molecule has 158 valence electrons. The van der Waals surface area contributed by atoms with Crippen LogP contribution in [-0.2, 0) is 30.3 Å². The smallest absolute Gasteiger partial charge is 0.325 e. The predicted molar refractivity (Wildman–Crippen MR) is 110 cm³/mol. The Labute approximate surface area is 174 Å². The number of amides is 3. The molecule has 8 nitrogen and oxygen atoms in total. The lowest BCUT2D eigenvalue weighted by Crippen LogP contribution is -2.45. The Bertz CT molecular complexity index is 953. The van der Waals surface area contributed by atoms with Gasteiger partial charge in [0.2, 0.25) is 11.8 Å². The number of hydrogen-bond acceptors (Lipinski definition) is 5. The van der Waals surface area contributed by atoms with Crippen LogP contribution in [0.5, 0.6) is 0 Å². The van der Waals surface area contributed by atoms with Crippen LogP contribution in [0.15, 0.2) is 42.5 Å². The number of likely N-dealkylation sites (tertiary alicyclic amines) is 1. The van der Waals surface area contributed by atoms with E-state index < -0.39 is 18.5 Å². The number of rotatable bonds is 7. The van der Waals surface area contributed by atoms with E-state index in [1.165, 1.54) is 4.90 Å². The first-order chi connectivity index (χ1) is 14.4. The Kier molecular flexibility index (Phi) is 7.00. The Morgan fingerprint density at radius 3 is 2.67 bits per heavy atom. The Hall–Kier alpha value is -3.42. The predicted octanol–water partition coefficient (Wildman–Crippen LogP) is 0.766. The van der Waals surface area contributed by atoms with Crippen LogP contribution in [0.2, 0.25) is 0 Å². The summed E-state index contributed by atoms with van der Waals surface area (Å²) in [7, 11) is 0. The summed E-state index contributed by atoms with van der Waals surface area (Å²) < 4.78 is 4.96. The fourth-order valence-electron chi connectivity index (χ4n) is 3.57. The van der Waals surface area contributed by atoms with E-state index in [9.17, 15) is 19.2 Å². The van der Waals surface area contributed by atoms with E-state index in [0.29, 0.717) is 19.4 Å². The molecular formula is C22H25N3O5. The Balaban J connectivity index is 1.42. The zero-order valence-corrected chi connectivity index (χ0v) is 16.6. The van der Waals surface area contributed by atoms with Gasteiger partial charge >= 0.3 is 5.97 Å². The van der Waals surface area contributed by atoms with Crippen LogP contribution in [0.3, 0.4) is 0 Å². The van der Waals surface area contributed by atoms with Gasteiger partial charge in [-0.1, -0.05) is 42.5 Å². The molecule has 1 aliphatic heterocycles. The molecule has 2 aromatic carbocycles. The molecule has 30 heavy (non-hydrogen) atoms. The number of primary amides is 1. The third kappa shape index (κ3) is 5.56. The van der Waals surface area contributed by atoms with Crippen LogP contribution in [0.4, 0.5) is 0 Å². The van der Waals surface area contributed by atoms with Gasteiger partial charge in [0.1, 0.15) is 6.54 Å². The first kappa shape index (κ1) is 21.3. The molecule has 1 fully saturated rings. The highest BCUT2D eigenvalue weighted by atomic mass is 16.5. The van der Waals surface area contributed by atoms with Crippen molar-refractivity contribution in [3.8, 4) is 0 Å². The second-order valence-electron chi connectivity index (χ2n) is 7.33. The summed E-state index contributed by atoms with van der Waals surface area (Å²) in [6.45, 7) is -0.000282. The number of esters is 1. The molecule has 0 bridgehead atoms. The summed E-state index contributed by atoms with van der Waals surface area (Å²) in [5.74, 6) is -2.19. The van der Waals surface area contributed by atoms with Crippen molar-refractivity contribution in [2.75, 3.05) is 26.2 Å². The molecule has 1 aliphatic rings. The summed E-state index contributed by atoms with van der Waals surface area (Å²) in [6, 6.07) is 13.5. The minimum atomic E-state index is -0.696. The lowest BCUT2D eigenvalue weighted by molar-refractivity contribution is -0.152. The van der Waals surface area contributed by atoms with Crippen LogP contribution in [0.25, 0.3) is 10.8 Å². The normalized spacial score (nSPS) is 16.1. The molecule has 3 amide bonds. The number of nitrogens with two attached hydrogens (primary N) is 1. The monoisotopic (exact) mass is 411 g/mol. The van der Waals surface area contributed by atoms with E-state index in [0.717, 1.165) is 16.3 Å². The largest absolute Gasteiger partial charge is 0.454 e. The number of ether oxygens (including phenoxy) is 1. The maximum absolute atomic E-state index is 12.2. The highest BCUT2D eigenvalue weighted by Crippen LogP contribution is 2.19. The maximum atomic E-state index is 12.2. The first-order valence-corrected chi connectivity index (χ1v) is 9.90. The molecule has 1 atom stereocenters. The quantitative estimate of drug-likeness (QED) is 0.652. The van der Waals surface area contributed by atoms with Crippen LogP contribution >= 0.6 is 0 Å². The topological polar surface area (TPSA) is 119 Å². The summed E-state index contributed by atoms with van der Waals surface area (Å²) in [4.78, 5) is 49.1. The van der Waals surface area contributed by atoms with Gasteiger partial charge in [0, 0.05) is 13.1 Å². The molecule has 0 saturated carbocycles. The number of carbonyl (C=O) groups excluding carboxylic acids is 4. The minimum Gasteiger partial charge on any atom is -0.454 e. The maximum Gasteiger partial charge on any atom is 0.325 e. The lowest BCUT2D eigenvalue weighted by Gasteiger charge is -2.31. The van der Waals surface area contributed by atoms with Crippen molar-refractivity contribution in [3.05, 3.63) is 48.0 Å². The SMILES string of the molecule is NC(=O)[C@H]1CCCN(C(=O)COC(=O)CNC(=O)Cc2cccc3ccccc23)C1. The Morgan fingerprint density at radius 1 is 1.10 bits per heavy atom. The molecule has 0 aromatic heterocycles. The second-order valence-corrected chi connectivity index (χ2v) is 7.33. The van der Waals surface area contributed by atoms with Gasteiger partial charge in [-0.25, -0.2) is 0 Å². The highest BCUT2D eigenvalue weighted by molar-refractivity contribution is 5.91. The van der Waals surface area contributed by atoms with Gasteiger partial charge in [-0.15, -0.1) is 0 Å². The molecule has 0 spiro atoms. The van der Waals surface area contributed by atoms with Crippen molar-refractivity contribution in [1.82, 2.24) is 10.2 Å². The molecule has 1 saturated heterocycles. The van der Waals surface area contributed by atoms with Gasteiger partial charge in [-0.05, 0) is 29.2 Å². The van der Waals surface area contributed by atoms with Gasteiger partial charge in [-0.3, -0.25) is 19.2 Å². The van der Waals surface area contributed by atoms with E-state index in [1.54, 1.807) is 0 Å². The summed E-state index contributed by atoms with van der Waals surface area (Å²) in [5, 5.41) is 4.55. The number of fused-ring (bicyclic) bond motifs is 1. The fraction of sp³-hybridized carbons (Fsp3) is 0.364. The molecule has 3 rings (SSSR count). The van der Waals surface area contributed by atoms with Gasteiger partial charge in [0.25, 0.3) is 5.91 Å². The molecule has 3 N–H and O–H groups in total. The molecular weight excluding hydrogens is 386 g/mol. The van der Waals surface area contributed by atoms with Crippen LogP contribution in [-0.4, -0.2) is 54.8 Å². The third-order valence-electron chi connectivity index (χ3n) is 5.19. The minimum absolute atomic E-state index is 0.135. The van der Waals surface area contributed by atoms with Gasteiger partial charge in [0.05, 0.1) is 12.3 Å². The van der Waals surface area contributed by atoms with Crippen molar-refractivity contribution in [1.29, 1.82) is 0 Å². The Morgan fingerprint density at radius 2 is 1.87 bits per heavy atom. The van der Waals surface area contributed by atoms with E-state index in [4.69, 9.17) is 10.5 Å². The first-order valence-electron chi connectivity index (χ1n) is 9.90. The molecule has 0 unspecified atom stereocenters. The number of nitrogens with zero attached hydrogens (tertiary/aromatic N) is 1. The number of carbonyl (C=O) groups is 4. The zero-order chi connectivity index (χ0) is 21.5. The van der Waals surface area contributed by atoms with Gasteiger partial charge in [-0.2, -0.15) is 0 Å². The summed E-state index contributed by atoms with van der Waals surface area (Å²) >= 11 is 0. The van der Waals surface area contributed by atoms with Crippen molar-refractivity contribution in [2.24, 2.45) is 11.7 Å². The van der Waals surface area contributed by atoms with Crippen molar-refractivity contribution >= 4 is 34.5 Å². The van der Waals surface area contributed by atoms with Gasteiger partial charge < -0.3 is 20.7 Å². The molecule has 1 heterocycles. The molecule has 2 aromatic rings. The van der Waals surface area contributed by atoms with Gasteiger partial charge in [0.15, 0.2) is 6.61 Å². The number of piperidine rings is 1. The van der Waals surface area contributed by atoms with E-state index in [-0.39, 0.29) is 37.2 Å². The van der Waals surface area contributed by atoms with Crippen molar-refractivity contribution < 1.29 is 23.9 Å². The van der Waals surface area contributed by atoms with Crippen molar-refractivity contribution in [3.63, 3.8) is 0 Å². The van der Waals surface area contributed by atoms with E-state index in [2.05, 4.69) is 5.32 Å². The second kappa shape index (κ2) is 9.87. The third-order valence-corrected chi connectivity index (χ3v) is 5.19. The standard InChI is InChI=1S/C22H25N3O5/c23-22(29)17-8-4-10-25(13-17)20(27)14-30-21(28)12-24-19(26)11-16-7-3-6-15-5-1-2-9-18(15)16/h1-3,5-7,9,17H,4,8,10-14H2,(H2,23,29)(H,24,26)/t17-/m0/s1. The zero-order valence-electron chi connectivity index (χ0n) is 16.6. The molecule has 0 aliphatic carbocycles. The summed E-state index contributed by atoms with van der Waals surface area (Å²) in [6.07, 6.45) is 1.47. The highest BCUT2D eigenvalue weighted by Gasteiger charge is 2.27. The van der Waals surface area contributed by atoms with E-state index >= 15 is 0 Å². The van der Waals surface area contributed by atoms with Crippen LogP contribution < -0.4 is 11.1 Å². The van der Waals surface area contributed by atoms with Crippen LogP contribution in [0, 0.1) is 5.92 Å². The number of benzene rings is 2. The molecule has 8 heteroatoms. The van der Waals surface area contributed by atoms with Crippen LogP contribution in [0.1, 0.15) is 18.4 Å². The number of nitrogens with one attached hydrogen (secondary N) is 1. The fourth-order valence-corrected chi connectivity index (χ4v) is 3.57. The average molecular weight is 411 g/mol. The van der Waals surface area contributed by atoms with E-state index in [1.807, 2.05) is 42.5 Å². The number of hydrogen-bond donors (Lipinski definition) is 2. The summed E-state index contributed by atoms with van der Waals surface area (Å²) in [5.41, 5.74) is 6.17. The molecule has 0 radical (unpaired) electrons.